The van der Waals surface area contributed by atoms with Crippen molar-refractivity contribution in [3.63, 3.8) is 0 Å². The highest BCUT2D eigenvalue weighted by Crippen LogP contribution is 2.28. The summed E-state index contributed by atoms with van der Waals surface area (Å²) in [6, 6.07) is 11.9. The molecule has 0 aliphatic rings. The average Bonchev–Trinajstić information content (AvgIpc) is 2.85. The minimum absolute atomic E-state index is 0.617. The molecule has 0 unspecified atom stereocenters. The molecule has 3 nitrogen and oxygen atoms in total. The van der Waals surface area contributed by atoms with Gasteiger partial charge < -0.3 is 10.1 Å². The molecule has 0 fully saturated rings. The predicted octanol–water partition coefficient (Wildman–Crippen LogP) is 4.88. The third-order valence-corrected chi connectivity index (χ3v) is 4.55. The van der Waals surface area contributed by atoms with Crippen LogP contribution in [0.2, 0.25) is 5.02 Å². The average molecular weight is 319 g/mol. The fourth-order valence-corrected chi connectivity index (χ4v) is 3.34. The standard InChI is InChI=1S/C16H15ClN2OS/c1-10-19-14-7-6-11(8-16(14)21-10)18-9-12-13(17)4-3-5-15(12)20-2/h3-8,18H,9H2,1-2H3. The van der Waals surface area contributed by atoms with Crippen molar-refractivity contribution in [3.05, 3.63) is 52.0 Å². The number of thiazole rings is 1. The Bertz CT molecular complexity index is 785. The van der Waals surface area contributed by atoms with Crippen molar-refractivity contribution >= 4 is 38.8 Å². The first-order valence-electron chi connectivity index (χ1n) is 6.60. The number of nitrogens with zero attached hydrogens (tertiary/aromatic N) is 1. The summed E-state index contributed by atoms with van der Waals surface area (Å²) in [4.78, 5) is 4.46. The van der Waals surface area contributed by atoms with Gasteiger partial charge in [0.25, 0.3) is 0 Å². The van der Waals surface area contributed by atoms with E-state index in [9.17, 15) is 0 Å². The summed E-state index contributed by atoms with van der Waals surface area (Å²) < 4.78 is 6.54. The zero-order valence-corrected chi connectivity index (χ0v) is 13.4. The van der Waals surface area contributed by atoms with E-state index in [2.05, 4.69) is 16.4 Å². The minimum Gasteiger partial charge on any atom is -0.496 e. The van der Waals surface area contributed by atoms with E-state index in [0.29, 0.717) is 11.6 Å². The van der Waals surface area contributed by atoms with E-state index in [-0.39, 0.29) is 0 Å². The van der Waals surface area contributed by atoms with Crippen LogP contribution in [0.1, 0.15) is 10.6 Å². The molecular formula is C16H15ClN2OS. The molecule has 1 N–H and O–H groups in total. The van der Waals surface area contributed by atoms with Gasteiger partial charge >= 0.3 is 0 Å². The molecule has 0 aliphatic carbocycles. The maximum absolute atomic E-state index is 6.24. The van der Waals surface area contributed by atoms with Crippen molar-refractivity contribution in [1.29, 1.82) is 0 Å². The fourth-order valence-electron chi connectivity index (χ4n) is 2.24. The first kappa shape index (κ1) is 14.2. The molecular weight excluding hydrogens is 304 g/mol. The van der Waals surface area contributed by atoms with Crippen LogP contribution >= 0.6 is 22.9 Å². The van der Waals surface area contributed by atoms with E-state index < -0.39 is 0 Å². The third-order valence-electron chi connectivity index (χ3n) is 3.26. The number of hydrogen-bond acceptors (Lipinski definition) is 4. The summed E-state index contributed by atoms with van der Waals surface area (Å²) in [6.07, 6.45) is 0. The molecule has 0 aliphatic heterocycles. The first-order valence-corrected chi connectivity index (χ1v) is 7.79. The summed E-state index contributed by atoms with van der Waals surface area (Å²) in [5, 5.41) is 5.18. The smallest absolute Gasteiger partial charge is 0.125 e. The maximum atomic E-state index is 6.24. The molecule has 5 heteroatoms. The first-order chi connectivity index (χ1) is 10.2. The Morgan fingerprint density at radius 3 is 2.95 bits per heavy atom. The second-order valence-corrected chi connectivity index (χ2v) is 6.33. The van der Waals surface area contributed by atoms with E-state index in [4.69, 9.17) is 16.3 Å². The van der Waals surface area contributed by atoms with Crippen LogP contribution in [0.25, 0.3) is 10.2 Å². The number of rotatable bonds is 4. The van der Waals surface area contributed by atoms with E-state index in [1.165, 1.54) is 4.70 Å². The molecule has 0 saturated carbocycles. The molecule has 0 radical (unpaired) electrons. The van der Waals surface area contributed by atoms with Crippen LogP contribution in [0.3, 0.4) is 0 Å². The summed E-state index contributed by atoms with van der Waals surface area (Å²) >= 11 is 7.94. The van der Waals surface area contributed by atoms with Crippen molar-refractivity contribution in [2.24, 2.45) is 0 Å². The maximum Gasteiger partial charge on any atom is 0.125 e. The number of hydrogen-bond donors (Lipinski definition) is 1. The van der Waals surface area contributed by atoms with Gasteiger partial charge in [0.05, 0.1) is 22.3 Å². The Labute approximate surface area is 132 Å². The molecule has 2 aromatic carbocycles. The normalized spacial score (nSPS) is 10.8. The van der Waals surface area contributed by atoms with Crippen molar-refractivity contribution in [1.82, 2.24) is 4.98 Å². The Morgan fingerprint density at radius 1 is 1.29 bits per heavy atom. The van der Waals surface area contributed by atoms with Gasteiger partial charge in [0.1, 0.15) is 5.75 Å². The lowest BCUT2D eigenvalue weighted by Crippen LogP contribution is -2.02. The van der Waals surface area contributed by atoms with Gasteiger partial charge in [-0.1, -0.05) is 17.7 Å². The number of anilines is 1. The Morgan fingerprint density at radius 2 is 2.14 bits per heavy atom. The number of fused-ring (bicyclic) bond motifs is 1. The number of halogens is 1. The highest BCUT2D eigenvalue weighted by Gasteiger charge is 2.08. The monoisotopic (exact) mass is 318 g/mol. The van der Waals surface area contributed by atoms with Crippen molar-refractivity contribution in [2.45, 2.75) is 13.5 Å². The molecule has 21 heavy (non-hydrogen) atoms. The van der Waals surface area contributed by atoms with Crippen LogP contribution in [-0.4, -0.2) is 12.1 Å². The van der Waals surface area contributed by atoms with Crippen molar-refractivity contribution < 1.29 is 4.74 Å². The van der Waals surface area contributed by atoms with E-state index in [1.807, 2.05) is 37.3 Å². The van der Waals surface area contributed by atoms with Gasteiger partial charge in [-0.05, 0) is 37.3 Å². The zero-order chi connectivity index (χ0) is 14.8. The highest BCUT2D eigenvalue weighted by molar-refractivity contribution is 7.18. The number of nitrogens with one attached hydrogen (secondary N) is 1. The SMILES string of the molecule is COc1cccc(Cl)c1CNc1ccc2nc(C)sc2c1. The zero-order valence-electron chi connectivity index (χ0n) is 11.8. The van der Waals surface area contributed by atoms with Gasteiger partial charge in [0.15, 0.2) is 0 Å². The van der Waals surface area contributed by atoms with Gasteiger partial charge in [0.2, 0.25) is 0 Å². The molecule has 3 rings (SSSR count). The third kappa shape index (κ3) is 2.96. The Balaban J connectivity index is 1.83. The summed E-state index contributed by atoms with van der Waals surface area (Å²) in [5.74, 6) is 0.796. The number of ether oxygens (including phenoxy) is 1. The molecule has 0 bridgehead atoms. The highest BCUT2D eigenvalue weighted by atomic mass is 35.5. The number of aryl methyl sites for hydroxylation is 1. The van der Waals surface area contributed by atoms with Gasteiger partial charge in [-0.3, -0.25) is 0 Å². The Hall–Kier alpha value is -1.78. The van der Waals surface area contributed by atoms with Gasteiger partial charge in [-0.15, -0.1) is 11.3 Å². The van der Waals surface area contributed by atoms with Gasteiger partial charge in [-0.2, -0.15) is 0 Å². The van der Waals surface area contributed by atoms with Crippen molar-refractivity contribution in [3.8, 4) is 5.75 Å². The number of methoxy groups -OCH3 is 1. The largest absolute Gasteiger partial charge is 0.496 e. The van der Waals surface area contributed by atoms with Crippen LogP contribution in [0.5, 0.6) is 5.75 Å². The molecule has 3 aromatic rings. The van der Waals surface area contributed by atoms with E-state index >= 15 is 0 Å². The lowest BCUT2D eigenvalue weighted by Gasteiger charge is -2.12. The number of benzene rings is 2. The van der Waals surface area contributed by atoms with Gasteiger partial charge in [0, 0.05) is 22.8 Å². The summed E-state index contributed by atoms with van der Waals surface area (Å²) in [5.41, 5.74) is 3.05. The topological polar surface area (TPSA) is 34.1 Å². The second kappa shape index (κ2) is 5.92. The molecule has 1 aromatic heterocycles. The molecule has 1 heterocycles. The van der Waals surface area contributed by atoms with Crippen molar-refractivity contribution in [2.75, 3.05) is 12.4 Å². The molecule has 0 spiro atoms. The predicted molar refractivity (Wildman–Crippen MR) is 89.7 cm³/mol. The summed E-state index contributed by atoms with van der Waals surface area (Å²) in [7, 11) is 1.65. The lowest BCUT2D eigenvalue weighted by atomic mass is 10.2. The van der Waals surface area contributed by atoms with E-state index in [1.54, 1.807) is 18.4 Å². The van der Waals surface area contributed by atoms with Crippen LogP contribution in [0.4, 0.5) is 5.69 Å². The quantitative estimate of drug-likeness (QED) is 0.744. The minimum atomic E-state index is 0.617. The van der Waals surface area contributed by atoms with Crippen LogP contribution in [0.15, 0.2) is 36.4 Å². The fraction of sp³-hybridized carbons (Fsp3) is 0.188. The molecule has 0 amide bonds. The lowest BCUT2D eigenvalue weighted by molar-refractivity contribution is 0.410. The molecule has 0 atom stereocenters. The van der Waals surface area contributed by atoms with Crippen LogP contribution < -0.4 is 10.1 Å². The number of aromatic nitrogens is 1. The van der Waals surface area contributed by atoms with E-state index in [0.717, 1.165) is 27.5 Å². The van der Waals surface area contributed by atoms with Crippen LogP contribution in [-0.2, 0) is 6.54 Å². The molecule has 0 saturated heterocycles. The van der Waals surface area contributed by atoms with Gasteiger partial charge in [-0.25, -0.2) is 4.98 Å². The van der Waals surface area contributed by atoms with Crippen LogP contribution in [0, 0.1) is 6.92 Å². The molecule has 108 valence electrons. The summed E-state index contributed by atoms with van der Waals surface area (Å²) in [6.45, 7) is 2.64. The second-order valence-electron chi connectivity index (χ2n) is 4.69. The Kier molecular flexibility index (Phi) is 3.99.